The molecule has 3 rings (SSSR count). The number of hydrogen-bond donors (Lipinski definition) is 2. The normalized spacial score (nSPS) is 16.6. The molecule has 0 bridgehead atoms. The van der Waals surface area contributed by atoms with Crippen LogP contribution in [0.25, 0.3) is 10.1 Å². The first-order chi connectivity index (χ1) is 13.3. The van der Waals surface area contributed by atoms with Crippen LogP contribution in [0.5, 0.6) is 0 Å². The molecule has 0 spiro atoms. The fourth-order valence-electron chi connectivity index (χ4n) is 2.77. The predicted octanol–water partition coefficient (Wildman–Crippen LogP) is 3.37. The highest BCUT2D eigenvalue weighted by molar-refractivity contribution is 7.21. The van der Waals surface area contributed by atoms with E-state index in [1.54, 1.807) is 13.8 Å². The summed E-state index contributed by atoms with van der Waals surface area (Å²) in [4.78, 5) is 36.5. The summed E-state index contributed by atoms with van der Waals surface area (Å²) in [5, 5.41) is 5.71. The lowest BCUT2D eigenvalue weighted by Gasteiger charge is -2.26. The fourth-order valence-corrected chi connectivity index (χ4v) is 4.19. The molecule has 10 heteroatoms. The van der Waals surface area contributed by atoms with Gasteiger partial charge in [-0.1, -0.05) is 11.6 Å². The second-order valence-corrected chi connectivity index (χ2v) is 7.32. The van der Waals surface area contributed by atoms with E-state index in [0.29, 0.717) is 10.1 Å². The highest BCUT2D eigenvalue weighted by atomic mass is 35.5. The third-order valence-corrected chi connectivity index (χ3v) is 5.63. The van der Waals surface area contributed by atoms with E-state index < -0.39 is 29.8 Å². The summed E-state index contributed by atoms with van der Waals surface area (Å²) in [6, 6.07) is 2.87. The quantitative estimate of drug-likeness (QED) is 0.715. The lowest BCUT2D eigenvalue weighted by molar-refractivity contribution is -0.139. The SMILES string of the molecule is CCOC(=O)C1=C(COC(=O)c2sc3cc(F)ccc3c2Cl)NC(=O)N[C@@H]1C. The summed E-state index contributed by atoms with van der Waals surface area (Å²) in [7, 11) is 0. The maximum atomic E-state index is 13.4. The minimum Gasteiger partial charge on any atom is -0.463 e. The summed E-state index contributed by atoms with van der Waals surface area (Å²) in [6.07, 6.45) is 0. The Morgan fingerprint density at radius 1 is 1.29 bits per heavy atom. The first-order valence-electron chi connectivity index (χ1n) is 8.34. The highest BCUT2D eigenvalue weighted by Gasteiger charge is 2.30. The molecule has 0 unspecified atom stereocenters. The lowest BCUT2D eigenvalue weighted by atomic mass is 10.0. The molecule has 0 radical (unpaired) electrons. The molecule has 0 saturated heterocycles. The second-order valence-electron chi connectivity index (χ2n) is 5.89. The van der Waals surface area contributed by atoms with Crippen LogP contribution >= 0.6 is 22.9 Å². The average Bonchev–Trinajstić information content (AvgIpc) is 2.95. The molecule has 0 aliphatic carbocycles. The van der Waals surface area contributed by atoms with Gasteiger partial charge in [-0.2, -0.15) is 0 Å². The van der Waals surface area contributed by atoms with Crippen molar-refractivity contribution in [2.75, 3.05) is 13.2 Å². The van der Waals surface area contributed by atoms with Crippen LogP contribution in [0.3, 0.4) is 0 Å². The van der Waals surface area contributed by atoms with Gasteiger partial charge in [0.2, 0.25) is 0 Å². The van der Waals surface area contributed by atoms with E-state index in [1.165, 1.54) is 18.2 Å². The molecule has 1 aliphatic rings. The summed E-state index contributed by atoms with van der Waals surface area (Å²) < 4.78 is 24.1. The minimum atomic E-state index is -0.747. The number of esters is 2. The Hall–Kier alpha value is -2.65. The smallest absolute Gasteiger partial charge is 0.350 e. The predicted molar refractivity (Wildman–Crippen MR) is 102 cm³/mol. The van der Waals surface area contributed by atoms with Crippen molar-refractivity contribution in [3.8, 4) is 0 Å². The van der Waals surface area contributed by atoms with Crippen molar-refractivity contribution in [2.45, 2.75) is 19.9 Å². The largest absolute Gasteiger partial charge is 0.463 e. The zero-order chi connectivity index (χ0) is 20.4. The van der Waals surface area contributed by atoms with Gasteiger partial charge in [0.05, 0.1) is 28.9 Å². The number of thiophene rings is 1. The molecule has 2 amide bonds. The van der Waals surface area contributed by atoms with Crippen molar-refractivity contribution in [3.63, 3.8) is 0 Å². The Bertz CT molecular complexity index is 1000. The molecule has 1 aromatic carbocycles. The monoisotopic (exact) mass is 426 g/mol. The van der Waals surface area contributed by atoms with E-state index in [9.17, 15) is 18.8 Å². The number of hydrogen-bond acceptors (Lipinski definition) is 6. The van der Waals surface area contributed by atoms with Gasteiger partial charge in [0, 0.05) is 10.1 Å². The zero-order valence-electron chi connectivity index (χ0n) is 14.9. The molecule has 28 heavy (non-hydrogen) atoms. The van der Waals surface area contributed by atoms with Crippen LogP contribution in [-0.2, 0) is 14.3 Å². The molecule has 148 valence electrons. The first-order valence-corrected chi connectivity index (χ1v) is 9.53. The molecule has 7 nitrogen and oxygen atoms in total. The van der Waals surface area contributed by atoms with E-state index in [1.807, 2.05) is 0 Å². The lowest BCUT2D eigenvalue weighted by Crippen LogP contribution is -2.50. The second kappa shape index (κ2) is 8.15. The van der Waals surface area contributed by atoms with Crippen LogP contribution < -0.4 is 10.6 Å². The van der Waals surface area contributed by atoms with Crippen LogP contribution in [-0.4, -0.2) is 37.2 Å². The Balaban J connectivity index is 1.84. The molecule has 2 N–H and O–H groups in total. The van der Waals surface area contributed by atoms with E-state index in [-0.39, 0.29) is 34.4 Å². The number of fused-ring (bicyclic) bond motifs is 1. The van der Waals surface area contributed by atoms with Crippen LogP contribution in [0.4, 0.5) is 9.18 Å². The number of nitrogens with one attached hydrogen (secondary N) is 2. The van der Waals surface area contributed by atoms with Gasteiger partial charge in [0.1, 0.15) is 17.3 Å². The number of carbonyl (C=O) groups excluding carboxylic acids is 3. The van der Waals surface area contributed by atoms with Gasteiger partial charge >= 0.3 is 18.0 Å². The summed E-state index contributed by atoms with van der Waals surface area (Å²) in [6.45, 7) is 3.07. The third-order valence-electron chi connectivity index (χ3n) is 3.99. The van der Waals surface area contributed by atoms with Crippen molar-refractivity contribution >= 4 is 51.0 Å². The molecular weight excluding hydrogens is 411 g/mol. The summed E-state index contributed by atoms with van der Waals surface area (Å²) >= 11 is 7.21. The van der Waals surface area contributed by atoms with Crippen LogP contribution in [0.15, 0.2) is 29.5 Å². The number of ether oxygens (including phenoxy) is 2. The molecule has 1 aromatic heterocycles. The van der Waals surface area contributed by atoms with Gasteiger partial charge in [-0.3, -0.25) is 0 Å². The maximum Gasteiger partial charge on any atom is 0.350 e. The average molecular weight is 427 g/mol. The molecule has 0 saturated carbocycles. The topological polar surface area (TPSA) is 93.7 Å². The van der Waals surface area contributed by atoms with Gasteiger partial charge in [-0.15, -0.1) is 11.3 Å². The van der Waals surface area contributed by atoms with Crippen molar-refractivity contribution in [3.05, 3.63) is 45.2 Å². The molecule has 1 aliphatic heterocycles. The number of benzene rings is 1. The Morgan fingerprint density at radius 3 is 2.75 bits per heavy atom. The summed E-state index contributed by atoms with van der Waals surface area (Å²) in [5.74, 6) is -1.81. The number of urea groups is 1. The van der Waals surface area contributed by atoms with Gasteiger partial charge in [0.25, 0.3) is 0 Å². The van der Waals surface area contributed by atoms with Crippen molar-refractivity contribution in [1.82, 2.24) is 10.6 Å². The molecule has 2 aromatic rings. The standard InChI is InChI=1S/C18H16ClFN2O5S/c1-3-26-16(23)13-8(2)21-18(25)22-11(13)7-27-17(24)15-14(19)10-5-4-9(20)6-12(10)28-15/h4-6,8H,3,7H2,1-2H3,(H2,21,22,25)/t8-/m1/s1. The number of rotatable bonds is 5. The number of halogens is 2. The fraction of sp³-hybridized carbons (Fsp3) is 0.278. The van der Waals surface area contributed by atoms with Crippen LogP contribution in [0.2, 0.25) is 5.02 Å². The maximum absolute atomic E-state index is 13.4. The van der Waals surface area contributed by atoms with Crippen LogP contribution in [0, 0.1) is 5.82 Å². The summed E-state index contributed by atoms with van der Waals surface area (Å²) in [5.41, 5.74) is 0.296. The zero-order valence-corrected chi connectivity index (χ0v) is 16.5. The van der Waals surface area contributed by atoms with Gasteiger partial charge in [-0.25, -0.2) is 18.8 Å². The number of amides is 2. The molecular formula is C18H16ClFN2O5S. The van der Waals surface area contributed by atoms with E-state index in [0.717, 1.165) is 11.3 Å². The molecule has 1 atom stereocenters. The minimum absolute atomic E-state index is 0.105. The highest BCUT2D eigenvalue weighted by Crippen LogP contribution is 2.36. The van der Waals surface area contributed by atoms with Gasteiger partial charge in [-0.05, 0) is 32.0 Å². The molecule has 2 heterocycles. The van der Waals surface area contributed by atoms with E-state index in [2.05, 4.69) is 10.6 Å². The molecule has 0 fully saturated rings. The Morgan fingerprint density at radius 2 is 2.04 bits per heavy atom. The Labute approximate surface area is 168 Å². The number of carbonyl (C=O) groups is 3. The van der Waals surface area contributed by atoms with Crippen molar-refractivity contribution in [1.29, 1.82) is 0 Å². The first kappa shape index (κ1) is 20.1. The van der Waals surface area contributed by atoms with Gasteiger partial charge in [0.15, 0.2) is 0 Å². The van der Waals surface area contributed by atoms with E-state index in [4.69, 9.17) is 21.1 Å². The van der Waals surface area contributed by atoms with Crippen molar-refractivity contribution in [2.24, 2.45) is 0 Å². The third kappa shape index (κ3) is 3.95. The van der Waals surface area contributed by atoms with Gasteiger partial charge < -0.3 is 20.1 Å². The van der Waals surface area contributed by atoms with Crippen molar-refractivity contribution < 1.29 is 28.2 Å². The Kier molecular flexibility index (Phi) is 5.85. The van der Waals surface area contributed by atoms with Crippen LogP contribution in [0.1, 0.15) is 23.5 Å². The van der Waals surface area contributed by atoms with E-state index >= 15 is 0 Å².